The van der Waals surface area contributed by atoms with Crippen LogP contribution in [0.2, 0.25) is 0 Å². The fourth-order valence-electron chi connectivity index (χ4n) is 2.27. The first-order valence-corrected chi connectivity index (χ1v) is 7.88. The van der Waals surface area contributed by atoms with Gasteiger partial charge in [-0.1, -0.05) is 42.1 Å². The average Bonchev–Trinajstić information content (AvgIpc) is 2.54. The number of benzene rings is 2. The van der Waals surface area contributed by atoms with E-state index in [-0.39, 0.29) is 0 Å². The highest BCUT2D eigenvalue weighted by molar-refractivity contribution is 7.99. The summed E-state index contributed by atoms with van der Waals surface area (Å²) in [7, 11) is 1.97. The molecule has 1 atom stereocenters. The number of hydrogen-bond donors (Lipinski definition) is 1. The lowest BCUT2D eigenvalue weighted by atomic mass is 10.1. The predicted octanol–water partition coefficient (Wildman–Crippen LogP) is 4.67. The molecule has 0 amide bonds. The zero-order valence-corrected chi connectivity index (χ0v) is 13.0. The fourth-order valence-corrected chi connectivity index (χ4v) is 3.14. The molecule has 3 heteroatoms. The van der Waals surface area contributed by atoms with Crippen LogP contribution < -0.4 is 5.32 Å². The van der Waals surface area contributed by atoms with Crippen LogP contribution in [0.1, 0.15) is 18.5 Å². The van der Waals surface area contributed by atoms with Crippen molar-refractivity contribution in [2.75, 3.05) is 7.05 Å². The zero-order chi connectivity index (χ0) is 14.7. The minimum absolute atomic E-state index is 0.337. The monoisotopic (exact) mass is 294 g/mol. The summed E-state index contributed by atoms with van der Waals surface area (Å²) in [5.74, 6) is 0. The molecule has 0 aliphatic rings. The highest BCUT2D eigenvalue weighted by Crippen LogP contribution is 2.30. The van der Waals surface area contributed by atoms with Crippen molar-refractivity contribution in [1.82, 2.24) is 10.3 Å². The Balaban J connectivity index is 1.87. The van der Waals surface area contributed by atoms with Crippen molar-refractivity contribution in [3.05, 3.63) is 66.4 Å². The first-order chi connectivity index (χ1) is 10.3. The van der Waals surface area contributed by atoms with Crippen molar-refractivity contribution in [3.8, 4) is 0 Å². The van der Waals surface area contributed by atoms with Crippen molar-refractivity contribution in [3.63, 3.8) is 0 Å². The first kappa shape index (κ1) is 14.1. The molecule has 21 heavy (non-hydrogen) atoms. The Morgan fingerprint density at radius 1 is 1.00 bits per heavy atom. The lowest BCUT2D eigenvalue weighted by Crippen LogP contribution is -2.12. The van der Waals surface area contributed by atoms with Gasteiger partial charge in [0, 0.05) is 17.1 Å². The van der Waals surface area contributed by atoms with E-state index in [4.69, 9.17) is 0 Å². The van der Waals surface area contributed by atoms with Gasteiger partial charge in [0.15, 0.2) is 0 Å². The maximum atomic E-state index is 4.47. The Hall–Kier alpha value is -1.84. The van der Waals surface area contributed by atoms with Crippen LogP contribution in [0.3, 0.4) is 0 Å². The molecule has 0 saturated carbocycles. The molecule has 0 saturated heterocycles. The summed E-state index contributed by atoms with van der Waals surface area (Å²) >= 11 is 1.71. The zero-order valence-electron chi connectivity index (χ0n) is 12.2. The van der Waals surface area contributed by atoms with Crippen LogP contribution in [0.4, 0.5) is 0 Å². The van der Waals surface area contributed by atoms with Crippen LogP contribution >= 0.6 is 11.8 Å². The summed E-state index contributed by atoms with van der Waals surface area (Å²) in [6.07, 6.45) is 1.88. The number of fused-ring (bicyclic) bond motifs is 1. The molecule has 0 radical (unpaired) electrons. The van der Waals surface area contributed by atoms with Crippen LogP contribution in [0.25, 0.3) is 10.8 Å². The third kappa shape index (κ3) is 3.26. The summed E-state index contributed by atoms with van der Waals surface area (Å²) < 4.78 is 0. The van der Waals surface area contributed by atoms with Crippen molar-refractivity contribution in [2.24, 2.45) is 0 Å². The molecule has 2 nitrogen and oxygen atoms in total. The van der Waals surface area contributed by atoms with E-state index in [1.807, 2.05) is 13.2 Å². The Bertz CT molecular complexity index is 755. The van der Waals surface area contributed by atoms with Gasteiger partial charge >= 0.3 is 0 Å². The van der Waals surface area contributed by atoms with Crippen molar-refractivity contribution in [2.45, 2.75) is 22.9 Å². The molecule has 106 valence electrons. The van der Waals surface area contributed by atoms with Gasteiger partial charge in [-0.2, -0.15) is 0 Å². The molecule has 1 N–H and O–H groups in total. The van der Waals surface area contributed by atoms with Gasteiger partial charge < -0.3 is 5.32 Å². The second-order valence-corrected chi connectivity index (χ2v) is 6.14. The topological polar surface area (TPSA) is 24.9 Å². The molecule has 1 heterocycles. The Labute approximate surface area is 129 Å². The first-order valence-electron chi connectivity index (χ1n) is 7.06. The largest absolute Gasteiger partial charge is 0.313 e. The van der Waals surface area contributed by atoms with Crippen LogP contribution in [-0.2, 0) is 0 Å². The molecule has 0 bridgehead atoms. The normalized spacial score (nSPS) is 12.5. The van der Waals surface area contributed by atoms with Crippen molar-refractivity contribution in [1.29, 1.82) is 0 Å². The van der Waals surface area contributed by atoms with Crippen LogP contribution in [-0.4, -0.2) is 12.0 Å². The third-order valence-corrected chi connectivity index (χ3v) is 4.56. The SMILES string of the molecule is CNC(C)c1ccnc(Sc2ccc3ccccc3c2)c1. The molecule has 0 fully saturated rings. The van der Waals surface area contributed by atoms with Crippen molar-refractivity contribution < 1.29 is 0 Å². The van der Waals surface area contributed by atoms with Crippen molar-refractivity contribution >= 4 is 22.5 Å². The number of aromatic nitrogens is 1. The number of hydrogen-bond acceptors (Lipinski definition) is 3. The van der Waals surface area contributed by atoms with Gasteiger partial charge in [-0.15, -0.1) is 0 Å². The smallest absolute Gasteiger partial charge is 0.101 e. The second kappa shape index (κ2) is 6.29. The average molecular weight is 294 g/mol. The van der Waals surface area contributed by atoms with Gasteiger partial charge in [-0.05, 0) is 54.6 Å². The molecule has 0 aliphatic heterocycles. The Morgan fingerprint density at radius 2 is 1.81 bits per heavy atom. The molecular formula is C18H18N2S. The summed E-state index contributed by atoms with van der Waals surface area (Å²) in [5.41, 5.74) is 1.26. The number of nitrogens with zero attached hydrogens (tertiary/aromatic N) is 1. The van der Waals surface area contributed by atoms with E-state index >= 15 is 0 Å². The van der Waals surface area contributed by atoms with Crippen LogP contribution in [0.5, 0.6) is 0 Å². The summed E-state index contributed by atoms with van der Waals surface area (Å²) in [6, 6.07) is 19.5. The highest BCUT2D eigenvalue weighted by Gasteiger charge is 2.05. The van der Waals surface area contributed by atoms with Gasteiger partial charge in [0.25, 0.3) is 0 Å². The maximum Gasteiger partial charge on any atom is 0.101 e. The quantitative estimate of drug-likeness (QED) is 0.757. The number of nitrogens with one attached hydrogen (secondary N) is 1. The molecule has 2 aromatic carbocycles. The fraction of sp³-hybridized carbons (Fsp3) is 0.167. The van der Waals surface area contributed by atoms with Gasteiger partial charge in [0.05, 0.1) is 0 Å². The number of pyridine rings is 1. The molecule has 3 aromatic rings. The van der Waals surface area contributed by atoms with Gasteiger partial charge in [-0.25, -0.2) is 4.98 Å². The van der Waals surface area contributed by atoms with Crippen LogP contribution in [0.15, 0.2) is 70.7 Å². The third-order valence-electron chi connectivity index (χ3n) is 3.64. The predicted molar refractivity (Wildman–Crippen MR) is 89.8 cm³/mol. The molecule has 3 rings (SSSR count). The molecule has 1 unspecified atom stereocenters. The minimum atomic E-state index is 0.337. The van der Waals surface area contributed by atoms with E-state index in [0.717, 1.165) is 5.03 Å². The highest BCUT2D eigenvalue weighted by atomic mass is 32.2. The lowest BCUT2D eigenvalue weighted by molar-refractivity contribution is 0.649. The maximum absolute atomic E-state index is 4.47. The molecule has 0 aliphatic carbocycles. The second-order valence-electron chi connectivity index (χ2n) is 5.05. The van der Waals surface area contributed by atoms with Gasteiger partial charge in [0.2, 0.25) is 0 Å². The van der Waals surface area contributed by atoms with Gasteiger partial charge in [0.1, 0.15) is 5.03 Å². The molecule has 0 spiro atoms. The van der Waals surface area contributed by atoms with E-state index in [9.17, 15) is 0 Å². The lowest BCUT2D eigenvalue weighted by Gasteiger charge is -2.11. The van der Waals surface area contributed by atoms with E-state index in [1.165, 1.54) is 21.2 Å². The molecule has 1 aromatic heterocycles. The Morgan fingerprint density at radius 3 is 2.62 bits per heavy atom. The summed E-state index contributed by atoms with van der Waals surface area (Å²) in [5, 5.41) is 6.83. The van der Waals surface area contributed by atoms with E-state index < -0.39 is 0 Å². The Kier molecular flexibility index (Phi) is 4.23. The standard InChI is InChI=1S/C18H18N2S/c1-13(19-2)15-9-10-20-18(12-15)21-17-8-7-14-5-3-4-6-16(14)11-17/h3-13,19H,1-2H3. The van der Waals surface area contributed by atoms with Gasteiger partial charge in [-0.3, -0.25) is 0 Å². The minimum Gasteiger partial charge on any atom is -0.313 e. The van der Waals surface area contributed by atoms with E-state index in [1.54, 1.807) is 11.8 Å². The van der Waals surface area contributed by atoms with E-state index in [2.05, 4.69) is 71.8 Å². The number of rotatable bonds is 4. The van der Waals surface area contributed by atoms with E-state index in [0.29, 0.717) is 6.04 Å². The molecular weight excluding hydrogens is 276 g/mol. The summed E-state index contributed by atoms with van der Waals surface area (Å²) in [6.45, 7) is 2.15. The summed E-state index contributed by atoms with van der Waals surface area (Å²) in [4.78, 5) is 5.68. The van der Waals surface area contributed by atoms with Crippen LogP contribution in [0, 0.1) is 0 Å².